The van der Waals surface area contributed by atoms with Crippen molar-refractivity contribution in [2.75, 3.05) is 52.9 Å². The van der Waals surface area contributed by atoms with Gasteiger partial charge >= 0.3 is 0 Å². The van der Waals surface area contributed by atoms with E-state index in [1.54, 1.807) is 0 Å². The van der Waals surface area contributed by atoms with Crippen LogP contribution in [0.3, 0.4) is 0 Å². The van der Waals surface area contributed by atoms with Gasteiger partial charge in [-0.05, 0) is 49.7 Å². The molecule has 0 radical (unpaired) electrons. The Labute approximate surface area is 179 Å². The van der Waals surface area contributed by atoms with Crippen LogP contribution in [0, 0.1) is 0 Å². The minimum absolute atomic E-state index is 0.576. The molecular weight excluding hydrogens is 368 g/mol. The summed E-state index contributed by atoms with van der Waals surface area (Å²) in [5, 5.41) is 0. The molecule has 0 unspecified atom stereocenters. The van der Waals surface area contributed by atoms with Crippen molar-refractivity contribution in [2.24, 2.45) is 0 Å². The maximum Gasteiger partial charge on any atom is 0.111 e. The van der Waals surface area contributed by atoms with Gasteiger partial charge in [0.2, 0.25) is 0 Å². The lowest BCUT2D eigenvalue weighted by Gasteiger charge is -2.08. The first-order valence-electron chi connectivity index (χ1n) is 11.6. The number of ether oxygens (including phenoxy) is 5. The van der Waals surface area contributed by atoms with Crippen molar-refractivity contribution >= 4 is 0 Å². The molecule has 29 heavy (non-hydrogen) atoms. The van der Waals surface area contributed by atoms with Gasteiger partial charge in [0, 0.05) is 0 Å². The lowest BCUT2D eigenvalue weighted by atomic mass is 10.1. The van der Waals surface area contributed by atoms with E-state index >= 15 is 0 Å². The third kappa shape index (κ3) is 20.0. The van der Waals surface area contributed by atoms with Gasteiger partial charge in [0.1, 0.15) is 13.2 Å². The molecule has 0 N–H and O–H groups in total. The SMILES string of the molecule is CCCCC(=COCCOCCOCCOCCOC=C(CC)CCCC)CC. The highest BCUT2D eigenvalue weighted by Gasteiger charge is 1.96. The summed E-state index contributed by atoms with van der Waals surface area (Å²) in [5.74, 6) is 0. The zero-order chi connectivity index (χ0) is 21.4. The molecule has 0 spiro atoms. The van der Waals surface area contributed by atoms with Crippen molar-refractivity contribution in [1.29, 1.82) is 0 Å². The van der Waals surface area contributed by atoms with E-state index in [1.807, 2.05) is 12.5 Å². The van der Waals surface area contributed by atoms with E-state index < -0.39 is 0 Å². The zero-order valence-corrected chi connectivity index (χ0v) is 19.5. The molecule has 5 heteroatoms. The summed E-state index contributed by atoms with van der Waals surface area (Å²) < 4.78 is 27.6. The van der Waals surface area contributed by atoms with E-state index in [1.165, 1.54) is 36.8 Å². The molecule has 5 nitrogen and oxygen atoms in total. The fraction of sp³-hybridized carbons (Fsp3) is 0.833. The van der Waals surface area contributed by atoms with E-state index in [2.05, 4.69) is 27.7 Å². The standard InChI is InChI=1S/C24H46O5/c1-5-9-11-23(7-3)21-28-19-17-26-15-13-25-14-16-27-18-20-29-22-24(8-4)12-10-6-2/h21-22H,5-20H2,1-4H3. The van der Waals surface area contributed by atoms with Crippen LogP contribution in [0.5, 0.6) is 0 Å². The summed E-state index contributed by atoms with van der Waals surface area (Å²) in [7, 11) is 0. The Morgan fingerprint density at radius 3 is 1.17 bits per heavy atom. The van der Waals surface area contributed by atoms with Crippen LogP contribution < -0.4 is 0 Å². The van der Waals surface area contributed by atoms with Crippen LogP contribution >= 0.6 is 0 Å². The summed E-state index contributed by atoms with van der Waals surface area (Å²) in [6, 6.07) is 0. The van der Waals surface area contributed by atoms with E-state index in [9.17, 15) is 0 Å². The van der Waals surface area contributed by atoms with Gasteiger partial charge in [0.15, 0.2) is 0 Å². The van der Waals surface area contributed by atoms with Crippen molar-refractivity contribution in [1.82, 2.24) is 0 Å². The smallest absolute Gasteiger partial charge is 0.111 e. The highest BCUT2D eigenvalue weighted by Crippen LogP contribution is 2.11. The first-order chi connectivity index (χ1) is 14.3. The fourth-order valence-electron chi connectivity index (χ4n) is 2.56. The van der Waals surface area contributed by atoms with Crippen molar-refractivity contribution in [3.05, 3.63) is 23.7 Å². The van der Waals surface area contributed by atoms with Crippen LogP contribution in [-0.2, 0) is 23.7 Å². The first kappa shape index (κ1) is 28.0. The molecule has 0 saturated heterocycles. The van der Waals surface area contributed by atoms with Crippen molar-refractivity contribution < 1.29 is 23.7 Å². The molecule has 0 bridgehead atoms. The molecule has 0 fully saturated rings. The largest absolute Gasteiger partial charge is 0.499 e. The quantitative estimate of drug-likeness (QED) is 0.160. The van der Waals surface area contributed by atoms with Gasteiger partial charge in [-0.25, -0.2) is 0 Å². The van der Waals surface area contributed by atoms with Gasteiger partial charge in [-0.3, -0.25) is 0 Å². The van der Waals surface area contributed by atoms with Crippen LogP contribution in [-0.4, -0.2) is 52.9 Å². The first-order valence-corrected chi connectivity index (χ1v) is 11.6. The molecule has 0 saturated carbocycles. The average molecular weight is 415 g/mol. The number of rotatable bonds is 22. The molecule has 0 amide bonds. The Balaban J connectivity index is 3.37. The van der Waals surface area contributed by atoms with Crippen LogP contribution in [0.4, 0.5) is 0 Å². The second-order valence-electron chi connectivity index (χ2n) is 7.05. The molecular formula is C24H46O5. The summed E-state index contributed by atoms with van der Waals surface area (Å²) in [6.45, 7) is 13.4. The Bertz CT molecular complexity index is 357. The predicted molar refractivity (Wildman–Crippen MR) is 120 cm³/mol. The van der Waals surface area contributed by atoms with E-state index in [-0.39, 0.29) is 0 Å². The maximum atomic E-state index is 5.55. The Kier molecular flexibility index (Phi) is 22.4. The lowest BCUT2D eigenvalue weighted by Crippen LogP contribution is -2.12. The van der Waals surface area contributed by atoms with Gasteiger partial charge in [0.05, 0.1) is 52.2 Å². The molecule has 0 heterocycles. The van der Waals surface area contributed by atoms with Crippen molar-refractivity contribution in [3.63, 3.8) is 0 Å². The fourth-order valence-corrected chi connectivity index (χ4v) is 2.56. The van der Waals surface area contributed by atoms with E-state index in [0.29, 0.717) is 52.9 Å². The van der Waals surface area contributed by atoms with E-state index in [4.69, 9.17) is 23.7 Å². The summed E-state index contributed by atoms with van der Waals surface area (Å²) in [5.41, 5.74) is 2.75. The van der Waals surface area contributed by atoms with Gasteiger partial charge in [-0.2, -0.15) is 0 Å². The van der Waals surface area contributed by atoms with Crippen LogP contribution in [0.1, 0.15) is 79.1 Å². The van der Waals surface area contributed by atoms with Gasteiger partial charge in [-0.15, -0.1) is 0 Å². The summed E-state index contributed by atoms with van der Waals surface area (Å²) >= 11 is 0. The molecule has 0 aliphatic carbocycles. The molecule has 0 aromatic heterocycles. The van der Waals surface area contributed by atoms with Crippen LogP contribution in [0.15, 0.2) is 23.7 Å². The second kappa shape index (κ2) is 23.2. The number of hydrogen-bond acceptors (Lipinski definition) is 5. The minimum Gasteiger partial charge on any atom is -0.499 e. The second-order valence-corrected chi connectivity index (χ2v) is 7.05. The number of unbranched alkanes of at least 4 members (excludes halogenated alkanes) is 2. The Morgan fingerprint density at radius 1 is 0.517 bits per heavy atom. The molecule has 0 aromatic carbocycles. The molecule has 0 rings (SSSR count). The third-order valence-corrected chi connectivity index (χ3v) is 4.55. The number of hydrogen-bond donors (Lipinski definition) is 0. The lowest BCUT2D eigenvalue weighted by molar-refractivity contribution is 0.000248. The average Bonchev–Trinajstić information content (AvgIpc) is 2.75. The monoisotopic (exact) mass is 414 g/mol. The summed E-state index contributed by atoms with van der Waals surface area (Å²) in [4.78, 5) is 0. The third-order valence-electron chi connectivity index (χ3n) is 4.55. The highest BCUT2D eigenvalue weighted by molar-refractivity contribution is 4.97. The Hall–Kier alpha value is -1.04. The van der Waals surface area contributed by atoms with Gasteiger partial charge < -0.3 is 23.7 Å². The molecule has 0 aliphatic rings. The maximum absolute atomic E-state index is 5.55. The molecule has 172 valence electrons. The Morgan fingerprint density at radius 2 is 0.862 bits per heavy atom. The van der Waals surface area contributed by atoms with Crippen molar-refractivity contribution in [3.8, 4) is 0 Å². The molecule has 0 atom stereocenters. The highest BCUT2D eigenvalue weighted by atomic mass is 16.6. The number of allylic oxidation sites excluding steroid dienone is 2. The summed E-state index contributed by atoms with van der Waals surface area (Å²) in [6.07, 6.45) is 13.1. The van der Waals surface area contributed by atoms with E-state index in [0.717, 1.165) is 25.7 Å². The minimum atomic E-state index is 0.576. The van der Waals surface area contributed by atoms with Crippen molar-refractivity contribution in [2.45, 2.75) is 79.1 Å². The zero-order valence-electron chi connectivity index (χ0n) is 19.5. The normalized spacial score (nSPS) is 12.4. The van der Waals surface area contributed by atoms with Crippen LogP contribution in [0.2, 0.25) is 0 Å². The predicted octanol–water partition coefficient (Wildman–Crippen LogP) is 6.04. The molecule has 0 aromatic rings. The van der Waals surface area contributed by atoms with Gasteiger partial charge in [0.25, 0.3) is 0 Å². The van der Waals surface area contributed by atoms with Crippen LogP contribution in [0.25, 0.3) is 0 Å². The van der Waals surface area contributed by atoms with Gasteiger partial charge in [-0.1, -0.05) is 40.5 Å². The topological polar surface area (TPSA) is 46.2 Å². The molecule has 0 aliphatic heterocycles.